The van der Waals surface area contributed by atoms with Crippen LogP contribution in [0.5, 0.6) is 5.75 Å². The van der Waals surface area contributed by atoms with Gasteiger partial charge in [0, 0.05) is 11.0 Å². The van der Waals surface area contributed by atoms with Crippen LogP contribution in [0.4, 0.5) is 0 Å². The average Bonchev–Trinajstić information content (AvgIpc) is 2.33. The molecule has 1 aromatic rings. The summed E-state index contributed by atoms with van der Waals surface area (Å²) in [5.41, 5.74) is 0.423. The van der Waals surface area contributed by atoms with Gasteiger partial charge >= 0.3 is 0 Å². The van der Waals surface area contributed by atoms with Crippen LogP contribution in [-0.2, 0) is 0 Å². The van der Waals surface area contributed by atoms with Gasteiger partial charge in [0.05, 0.1) is 6.61 Å². The molecule has 0 atom stereocenters. The van der Waals surface area contributed by atoms with Crippen LogP contribution in [0.15, 0.2) is 24.3 Å². The summed E-state index contributed by atoms with van der Waals surface area (Å²) in [6, 6.07) is 7.46. The number of hydrogen-bond acceptors (Lipinski definition) is 2. The number of hydrogen-bond donors (Lipinski definition) is 0. The average molecular weight is 248 g/mol. The minimum Gasteiger partial charge on any atom is -0.494 e. The molecule has 2 nitrogen and oxygen atoms in total. The molecule has 0 unspecified atom stereocenters. The lowest BCUT2D eigenvalue weighted by Gasteiger charge is -2.16. The summed E-state index contributed by atoms with van der Waals surface area (Å²) in [5.74, 6) is 1.01. The highest BCUT2D eigenvalue weighted by molar-refractivity contribution is 5.99. The molecule has 0 aliphatic rings. The van der Waals surface area contributed by atoms with Crippen molar-refractivity contribution in [2.75, 3.05) is 6.61 Å². The highest BCUT2D eigenvalue weighted by Gasteiger charge is 2.22. The molecule has 0 N–H and O–H groups in total. The Bertz CT molecular complexity index is 371. The number of ether oxygens (including phenoxy) is 1. The van der Waals surface area contributed by atoms with E-state index in [4.69, 9.17) is 4.74 Å². The van der Waals surface area contributed by atoms with E-state index < -0.39 is 0 Å². The predicted octanol–water partition coefficient (Wildman–Crippen LogP) is 4.48. The summed E-state index contributed by atoms with van der Waals surface area (Å²) in [6.07, 6.45) is 3.47. The van der Waals surface area contributed by atoms with Crippen molar-refractivity contribution in [3.63, 3.8) is 0 Å². The second kappa shape index (κ2) is 6.58. The Morgan fingerprint density at radius 1 is 1.11 bits per heavy atom. The van der Waals surface area contributed by atoms with E-state index in [1.165, 1.54) is 12.8 Å². The summed E-state index contributed by atoms with van der Waals surface area (Å²) in [6.45, 7) is 8.73. The molecule has 0 saturated carbocycles. The Kier molecular flexibility index (Phi) is 5.39. The number of carbonyl (C=O) groups is 1. The minimum atomic E-state index is -0.330. The lowest BCUT2D eigenvalue weighted by molar-refractivity contribution is 0.0858. The number of carbonyl (C=O) groups excluding carboxylic acids is 1. The fraction of sp³-hybridized carbons (Fsp3) is 0.562. The third kappa shape index (κ3) is 4.52. The van der Waals surface area contributed by atoms with Gasteiger partial charge in [0.1, 0.15) is 5.75 Å². The SMILES string of the molecule is CCCCCOc1ccc(C(=O)C(C)(C)C)cc1. The number of Topliss-reactive ketones (excluding diaryl/α,β-unsaturated/α-hetero) is 1. The van der Waals surface area contributed by atoms with Gasteiger partial charge in [0.25, 0.3) is 0 Å². The van der Waals surface area contributed by atoms with Gasteiger partial charge in [-0.15, -0.1) is 0 Å². The molecular weight excluding hydrogens is 224 g/mol. The molecule has 0 heterocycles. The Morgan fingerprint density at radius 2 is 1.72 bits per heavy atom. The molecule has 100 valence electrons. The monoisotopic (exact) mass is 248 g/mol. The molecule has 18 heavy (non-hydrogen) atoms. The zero-order chi connectivity index (χ0) is 13.6. The third-order valence-electron chi connectivity index (χ3n) is 2.81. The lowest BCUT2D eigenvalue weighted by Crippen LogP contribution is -2.19. The number of benzene rings is 1. The van der Waals surface area contributed by atoms with Gasteiger partial charge in [-0.3, -0.25) is 4.79 Å². The first-order valence-corrected chi connectivity index (χ1v) is 6.73. The number of ketones is 1. The van der Waals surface area contributed by atoms with Crippen molar-refractivity contribution in [3.8, 4) is 5.75 Å². The van der Waals surface area contributed by atoms with Gasteiger partial charge in [-0.2, -0.15) is 0 Å². The zero-order valence-corrected chi connectivity index (χ0v) is 12.0. The summed E-state index contributed by atoms with van der Waals surface area (Å²) in [4.78, 5) is 12.0. The molecule has 0 saturated heterocycles. The van der Waals surface area contributed by atoms with Gasteiger partial charge in [-0.05, 0) is 30.7 Å². The van der Waals surface area contributed by atoms with Crippen LogP contribution < -0.4 is 4.74 Å². The second-order valence-electron chi connectivity index (χ2n) is 5.66. The Morgan fingerprint density at radius 3 is 2.22 bits per heavy atom. The second-order valence-corrected chi connectivity index (χ2v) is 5.66. The Labute approximate surface area is 110 Å². The minimum absolute atomic E-state index is 0.167. The van der Waals surface area contributed by atoms with E-state index in [1.807, 2.05) is 45.0 Å². The van der Waals surface area contributed by atoms with Gasteiger partial charge in [-0.25, -0.2) is 0 Å². The molecule has 0 spiro atoms. The van der Waals surface area contributed by atoms with E-state index in [0.29, 0.717) is 0 Å². The first kappa shape index (κ1) is 14.7. The molecule has 1 rings (SSSR count). The number of rotatable bonds is 6. The van der Waals surface area contributed by atoms with Crippen LogP contribution in [0.2, 0.25) is 0 Å². The molecule has 0 aliphatic carbocycles. The van der Waals surface area contributed by atoms with Crippen LogP contribution >= 0.6 is 0 Å². The van der Waals surface area contributed by atoms with Crippen LogP contribution in [0.25, 0.3) is 0 Å². The van der Waals surface area contributed by atoms with Crippen molar-refractivity contribution in [2.24, 2.45) is 5.41 Å². The topological polar surface area (TPSA) is 26.3 Å². The molecule has 0 aliphatic heterocycles. The maximum Gasteiger partial charge on any atom is 0.168 e. The van der Waals surface area contributed by atoms with Gasteiger partial charge in [-0.1, -0.05) is 40.5 Å². The molecule has 0 radical (unpaired) electrons. The molecule has 1 aromatic carbocycles. The maximum atomic E-state index is 12.0. The van der Waals surface area contributed by atoms with E-state index in [2.05, 4.69) is 6.92 Å². The predicted molar refractivity (Wildman–Crippen MR) is 75.2 cm³/mol. The summed E-state index contributed by atoms with van der Waals surface area (Å²) < 4.78 is 5.62. The van der Waals surface area contributed by atoms with Crippen molar-refractivity contribution in [2.45, 2.75) is 47.0 Å². The molecule has 0 aromatic heterocycles. The van der Waals surface area contributed by atoms with Crippen LogP contribution in [-0.4, -0.2) is 12.4 Å². The van der Waals surface area contributed by atoms with Crippen LogP contribution in [0, 0.1) is 5.41 Å². The lowest BCUT2D eigenvalue weighted by atomic mass is 9.86. The fourth-order valence-electron chi connectivity index (χ4n) is 1.68. The molecule has 0 bridgehead atoms. The smallest absolute Gasteiger partial charge is 0.168 e. The molecule has 0 fully saturated rings. The standard InChI is InChI=1S/C16H24O2/c1-5-6-7-12-18-14-10-8-13(9-11-14)15(17)16(2,3)4/h8-11H,5-7,12H2,1-4H3. The highest BCUT2D eigenvalue weighted by atomic mass is 16.5. The Hall–Kier alpha value is -1.31. The summed E-state index contributed by atoms with van der Waals surface area (Å²) in [7, 11) is 0. The molecule has 2 heteroatoms. The third-order valence-corrected chi connectivity index (χ3v) is 2.81. The van der Waals surface area contributed by atoms with Crippen molar-refractivity contribution in [1.29, 1.82) is 0 Å². The first-order chi connectivity index (χ1) is 8.45. The summed E-state index contributed by atoms with van der Waals surface area (Å²) in [5, 5.41) is 0. The molecular formula is C16H24O2. The largest absolute Gasteiger partial charge is 0.494 e. The summed E-state index contributed by atoms with van der Waals surface area (Å²) >= 11 is 0. The van der Waals surface area contributed by atoms with Gasteiger partial charge < -0.3 is 4.74 Å². The number of unbranched alkanes of at least 4 members (excludes halogenated alkanes) is 2. The fourth-order valence-corrected chi connectivity index (χ4v) is 1.68. The van der Waals surface area contributed by atoms with E-state index in [9.17, 15) is 4.79 Å². The van der Waals surface area contributed by atoms with Crippen molar-refractivity contribution in [1.82, 2.24) is 0 Å². The first-order valence-electron chi connectivity index (χ1n) is 6.73. The normalized spacial score (nSPS) is 11.3. The molecule has 0 amide bonds. The Balaban J connectivity index is 2.55. The van der Waals surface area contributed by atoms with Crippen molar-refractivity contribution in [3.05, 3.63) is 29.8 Å². The van der Waals surface area contributed by atoms with Gasteiger partial charge in [0.15, 0.2) is 5.78 Å². The van der Waals surface area contributed by atoms with E-state index in [0.717, 1.165) is 24.3 Å². The maximum absolute atomic E-state index is 12.0. The van der Waals surface area contributed by atoms with Crippen molar-refractivity contribution >= 4 is 5.78 Å². The van der Waals surface area contributed by atoms with E-state index in [-0.39, 0.29) is 11.2 Å². The highest BCUT2D eigenvalue weighted by Crippen LogP contribution is 2.22. The van der Waals surface area contributed by atoms with E-state index in [1.54, 1.807) is 0 Å². The van der Waals surface area contributed by atoms with Gasteiger partial charge in [0.2, 0.25) is 0 Å². The van der Waals surface area contributed by atoms with Crippen LogP contribution in [0.3, 0.4) is 0 Å². The van der Waals surface area contributed by atoms with Crippen molar-refractivity contribution < 1.29 is 9.53 Å². The zero-order valence-electron chi connectivity index (χ0n) is 12.0. The van der Waals surface area contributed by atoms with Crippen LogP contribution in [0.1, 0.15) is 57.3 Å². The van der Waals surface area contributed by atoms with E-state index >= 15 is 0 Å². The quantitative estimate of drug-likeness (QED) is 0.548.